The number of pyridine rings is 1. The van der Waals surface area contributed by atoms with Gasteiger partial charge in [-0.1, -0.05) is 78.9 Å². The Balaban J connectivity index is 1.41. The zero-order valence-electron chi connectivity index (χ0n) is 22.9. The second-order valence-corrected chi connectivity index (χ2v) is 11.2. The van der Waals surface area contributed by atoms with E-state index in [9.17, 15) is 4.79 Å². The first-order valence-corrected chi connectivity index (χ1v) is 14.4. The minimum Gasteiger partial charge on any atom is -0.465 e. The van der Waals surface area contributed by atoms with Crippen molar-refractivity contribution < 1.29 is 9.53 Å². The fourth-order valence-electron chi connectivity index (χ4n) is 6.02. The van der Waals surface area contributed by atoms with Crippen LogP contribution in [0.1, 0.15) is 59.5 Å². The summed E-state index contributed by atoms with van der Waals surface area (Å²) < 4.78 is 5.03. The molecule has 4 aromatic carbocycles. The first-order valence-electron chi connectivity index (χ1n) is 14.0. The summed E-state index contributed by atoms with van der Waals surface area (Å²) in [5.74, 6) is 0.171. The molecule has 0 atom stereocenters. The van der Waals surface area contributed by atoms with E-state index >= 15 is 0 Å². The summed E-state index contributed by atoms with van der Waals surface area (Å²) in [5, 5.41) is 1.82. The maximum atomic E-state index is 12.3. The zero-order chi connectivity index (χ0) is 27.6. The molecule has 1 aromatic heterocycles. The molecule has 6 rings (SSSR count). The van der Waals surface area contributed by atoms with Crippen molar-refractivity contribution in [3.05, 3.63) is 113 Å². The predicted octanol–water partition coefficient (Wildman–Crippen LogP) is 10.0. The van der Waals surface area contributed by atoms with Gasteiger partial charge < -0.3 is 4.74 Å². The lowest BCUT2D eigenvalue weighted by atomic mass is 9.80. The van der Waals surface area contributed by atoms with Gasteiger partial charge in [-0.15, -0.1) is 0 Å². The Hall–Kier alpha value is -3.95. The molecule has 5 aromatic rings. The fourth-order valence-corrected chi connectivity index (χ4v) is 6.14. The molecule has 4 heteroatoms. The van der Waals surface area contributed by atoms with E-state index in [-0.39, 0.29) is 5.97 Å². The molecule has 200 valence electrons. The number of aromatic nitrogens is 1. The molecule has 1 fully saturated rings. The third kappa shape index (κ3) is 5.26. The monoisotopic (exact) mass is 545 g/mol. The maximum Gasteiger partial charge on any atom is 0.337 e. The smallest absolute Gasteiger partial charge is 0.337 e. The van der Waals surface area contributed by atoms with Crippen LogP contribution in [0.15, 0.2) is 91.0 Å². The van der Waals surface area contributed by atoms with Crippen molar-refractivity contribution in [1.82, 2.24) is 4.98 Å². The summed E-state index contributed by atoms with van der Waals surface area (Å²) >= 11 is 6.15. The highest BCUT2D eigenvalue weighted by atomic mass is 35.5. The van der Waals surface area contributed by atoms with Crippen molar-refractivity contribution in [2.75, 3.05) is 7.11 Å². The number of halogens is 1. The number of hydrogen-bond acceptors (Lipinski definition) is 3. The second-order valence-electron chi connectivity index (χ2n) is 10.8. The van der Waals surface area contributed by atoms with E-state index in [4.69, 9.17) is 21.3 Å². The van der Waals surface area contributed by atoms with Crippen LogP contribution in [0.2, 0.25) is 5.02 Å². The van der Waals surface area contributed by atoms with Crippen LogP contribution in [-0.2, 0) is 4.74 Å². The lowest BCUT2D eigenvalue weighted by Gasteiger charge is -2.25. The molecule has 1 aliphatic carbocycles. The number of methoxy groups -OCH3 is 1. The van der Waals surface area contributed by atoms with Crippen molar-refractivity contribution in [3.8, 4) is 33.5 Å². The van der Waals surface area contributed by atoms with Crippen molar-refractivity contribution in [2.45, 2.75) is 44.9 Å². The molecule has 40 heavy (non-hydrogen) atoms. The van der Waals surface area contributed by atoms with E-state index in [2.05, 4.69) is 79.7 Å². The van der Waals surface area contributed by atoms with Gasteiger partial charge in [0.1, 0.15) is 0 Å². The Bertz CT molecular complexity index is 1700. The molecular formula is C36H32ClNO2. The Morgan fingerprint density at radius 3 is 2.30 bits per heavy atom. The molecule has 0 bridgehead atoms. The molecule has 1 aliphatic rings. The first-order chi connectivity index (χ1) is 19.5. The highest BCUT2D eigenvalue weighted by Gasteiger charge is 2.21. The van der Waals surface area contributed by atoms with E-state index in [1.807, 2.05) is 18.2 Å². The number of esters is 1. The largest absolute Gasteiger partial charge is 0.465 e. The van der Waals surface area contributed by atoms with Crippen LogP contribution < -0.4 is 0 Å². The van der Waals surface area contributed by atoms with Crippen molar-refractivity contribution in [1.29, 1.82) is 0 Å². The second kappa shape index (κ2) is 11.3. The fraction of sp³-hybridized carbons (Fsp3) is 0.222. The number of benzene rings is 4. The molecule has 1 saturated carbocycles. The van der Waals surface area contributed by atoms with E-state index in [1.54, 1.807) is 0 Å². The van der Waals surface area contributed by atoms with Gasteiger partial charge in [0.15, 0.2) is 0 Å². The lowest BCUT2D eigenvalue weighted by molar-refractivity contribution is 0.0600. The predicted molar refractivity (Wildman–Crippen MR) is 165 cm³/mol. The number of hydrogen-bond donors (Lipinski definition) is 0. The zero-order valence-corrected chi connectivity index (χ0v) is 23.7. The van der Waals surface area contributed by atoms with Crippen molar-refractivity contribution >= 4 is 28.5 Å². The summed E-state index contributed by atoms with van der Waals surface area (Å²) in [4.78, 5) is 17.4. The number of carbonyl (C=O) groups excluding carboxylic acids is 1. The van der Waals surface area contributed by atoms with Gasteiger partial charge in [-0.3, -0.25) is 0 Å². The molecule has 0 unspecified atom stereocenters. The van der Waals surface area contributed by atoms with Gasteiger partial charge in [0.2, 0.25) is 0 Å². The maximum absolute atomic E-state index is 12.3. The number of carbonyl (C=O) groups is 1. The highest BCUT2D eigenvalue weighted by molar-refractivity contribution is 6.30. The molecular weight excluding hydrogens is 514 g/mol. The molecule has 3 nitrogen and oxygen atoms in total. The number of fused-ring (bicyclic) bond motifs is 1. The molecule has 0 amide bonds. The van der Waals surface area contributed by atoms with Crippen LogP contribution in [0.5, 0.6) is 0 Å². The quantitative estimate of drug-likeness (QED) is 0.206. The summed E-state index contributed by atoms with van der Waals surface area (Å²) in [5.41, 5.74) is 10.6. The summed E-state index contributed by atoms with van der Waals surface area (Å²) in [6.45, 7) is 2.11. The van der Waals surface area contributed by atoms with Crippen LogP contribution in [0.25, 0.3) is 44.4 Å². The number of ether oxygens (including phenoxy) is 1. The van der Waals surface area contributed by atoms with E-state index in [1.165, 1.54) is 43.1 Å². The molecule has 0 saturated heterocycles. The third-order valence-electron chi connectivity index (χ3n) is 8.12. The molecule has 0 aliphatic heterocycles. The topological polar surface area (TPSA) is 39.2 Å². The first kappa shape index (κ1) is 26.3. The van der Waals surface area contributed by atoms with Gasteiger partial charge in [-0.2, -0.15) is 0 Å². The van der Waals surface area contributed by atoms with Gasteiger partial charge >= 0.3 is 5.97 Å². The van der Waals surface area contributed by atoms with E-state index in [0.29, 0.717) is 11.5 Å². The van der Waals surface area contributed by atoms with Crippen LogP contribution in [0.3, 0.4) is 0 Å². The Morgan fingerprint density at radius 2 is 1.52 bits per heavy atom. The van der Waals surface area contributed by atoms with Gasteiger partial charge in [0.25, 0.3) is 0 Å². The normalized spacial score (nSPS) is 13.9. The molecule has 0 radical (unpaired) electrons. The Kier molecular flexibility index (Phi) is 7.40. The highest BCUT2D eigenvalue weighted by Crippen LogP contribution is 2.40. The van der Waals surface area contributed by atoms with Gasteiger partial charge in [0, 0.05) is 16.0 Å². The molecule has 1 heterocycles. The molecule has 0 spiro atoms. The number of rotatable bonds is 5. The molecule has 0 N–H and O–H groups in total. The summed E-state index contributed by atoms with van der Waals surface area (Å²) in [7, 11) is 1.44. The SMILES string of the molecule is COC(=O)c1ccc(-c2ccc3nc(-c4cc(C)ccc4-c4ccc(Cl)cc4)ccc3c2)c(C2CCCCC2)c1. The Morgan fingerprint density at radius 1 is 0.775 bits per heavy atom. The van der Waals surface area contributed by atoms with Crippen molar-refractivity contribution in [3.63, 3.8) is 0 Å². The minimum absolute atomic E-state index is 0.284. The van der Waals surface area contributed by atoms with Crippen LogP contribution in [-0.4, -0.2) is 18.1 Å². The lowest BCUT2D eigenvalue weighted by Crippen LogP contribution is -2.09. The standard InChI is InChI=1S/C36H32ClNO2/c1-23-8-16-30(25-9-14-29(37)15-10-25)33(20-23)35-19-13-27-21-26(12-18-34(27)38-35)31-17-11-28(36(39)40-2)22-32(31)24-6-4-3-5-7-24/h8-22,24H,3-7H2,1-2H3. The van der Waals surface area contributed by atoms with E-state index < -0.39 is 0 Å². The number of aryl methyl sites for hydroxylation is 1. The van der Waals surface area contributed by atoms with Crippen molar-refractivity contribution in [2.24, 2.45) is 0 Å². The number of nitrogens with zero attached hydrogens (tertiary/aromatic N) is 1. The average Bonchev–Trinajstić information content (AvgIpc) is 3.00. The van der Waals surface area contributed by atoms with E-state index in [0.717, 1.165) is 56.7 Å². The van der Waals surface area contributed by atoms with Crippen LogP contribution in [0.4, 0.5) is 0 Å². The minimum atomic E-state index is -0.284. The average molecular weight is 546 g/mol. The van der Waals surface area contributed by atoms with Crippen LogP contribution >= 0.6 is 11.6 Å². The van der Waals surface area contributed by atoms with Gasteiger partial charge in [-0.25, -0.2) is 9.78 Å². The summed E-state index contributed by atoms with van der Waals surface area (Å²) in [6, 6.07) is 31.3. The summed E-state index contributed by atoms with van der Waals surface area (Å²) in [6.07, 6.45) is 6.06. The van der Waals surface area contributed by atoms with Crippen LogP contribution in [0, 0.1) is 6.92 Å². The third-order valence-corrected chi connectivity index (χ3v) is 8.38. The van der Waals surface area contributed by atoms with Gasteiger partial charge in [-0.05, 0) is 102 Å². The Labute approximate surface area is 240 Å². The van der Waals surface area contributed by atoms with Gasteiger partial charge in [0.05, 0.1) is 23.9 Å².